The summed E-state index contributed by atoms with van der Waals surface area (Å²) in [7, 11) is 0. The second-order valence-corrected chi connectivity index (χ2v) is 12.8. The van der Waals surface area contributed by atoms with Crippen LogP contribution in [0.3, 0.4) is 0 Å². The van der Waals surface area contributed by atoms with Crippen molar-refractivity contribution in [3.05, 3.63) is 175 Å². The van der Waals surface area contributed by atoms with E-state index in [1.807, 2.05) is 12.1 Å². The fourth-order valence-electron chi connectivity index (χ4n) is 6.91. The van der Waals surface area contributed by atoms with E-state index in [4.69, 9.17) is 9.72 Å². The number of hydrogen-bond acceptors (Lipinski definition) is 3. The molecule has 5 aromatic carbocycles. The molecule has 0 spiro atoms. The molecule has 7 aromatic rings. The molecular formula is C43H29NOS. The van der Waals surface area contributed by atoms with Crippen molar-refractivity contribution in [2.24, 2.45) is 0 Å². The van der Waals surface area contributed by atoms with Crippen molar-refractivity contribution < 1.29 is 4.74 Å². The minimum Gasteiger partial charge on any atom is -0.449 e. The van der Waals surface area contributed by atoms with Crippen LogP contribution >= 0.6 is 11.3 Å². The van der Waals surface area contributed by atoms with Crippen LogP contribution in [0.4, 0.5) is 0 Å². The second kappa shape index (κ2) is 11.1. The van der Waals surface area contributed by atoms with Crippen LogP contribution in [0.5, 0.6) is 5.06 Å². The minimum atomic E-state index is 0.159. The Morgan fingerprint density at radius 2 is 1.20 bits per heavy atom. The molecule has 1 unspecified atom stereocenters. The summed E-state index contributed by atoms with van der Waals surface area (Å²) in [5.74, 6) is 1.20. The van der Waals surface area contributed by atoms with E-state index < -0.39 is 0 Å². The van der Waals surface area contributed by atoms with Crippen molar-refractivity contribution >= 4 is 27.0 Å². The zero-order chi connectivity index (χ0) is 30.5. The van der Waals surface area contributed by atoms with Gasteiger partial charge in [0.15, 0.2) is 5.06 Å². The van der Waals surface area contributed by atoms with Crippen LogP contribution in [0, 0.1) is 0 Å². The average molecular weight is 608 g/mol. The Bertz CT molecular complexity index is 2240. The lowest BCUT2D eigenvalue weighted by Crippen LogP contribution is -2.12. The van der Waals surface area contributed by atoms with Gasteiger partial charge in [0, 0.05) is 38.3 Å². The van der Waals surface area contributed by atoms with E-state index in [-0.39, 0.29) is 5.92 Å². The largest absolute Gasteiger partial charge is 0.449 e. The molecule has 0 saturated carbocycles. The number of aromatic nitrogens is 1. The normalized spacial score (nSPS) is 15.1. The summed E-state index contributed by atoms with van der Waals surface area (Å²) in [4.78, 5) is 5.14. The predicted octanol–water partition coefficient (Wildman–Crippen LogP) is 11.8. The maximum atomic E-state index is 7.11. The van der Waals surface area contributed by atoms with Crippen molar-refractivity contribution in [3.8, 4) is 49.8 Å². The average Bonchev–Trinajstić information content (AvgIpc) is 3.43. The van der Waals surface area contributed by atoms with E-state index in [2.05, 4.69) is 146 Å². The zero-order valence-electron chi connectivity index (χ0n) is 25.1. The number of fused-ring (bicyclic) bond motifs is 6. The van der Waals surface area contributed by atoms with Crippen LogP contribution in [-0.2, 0) is 0 Å². The van der Waals surface area contributed by atoms with Gasteiger partial charge in [0.2, 0.25) is 0 Å². The number of hydrogen-bond donors (Lipinski definition) is 0. The van der Waals surface area contributed by atoms with E-state index in [1.165, 1.54) is 43.5 Å². The molecule has 2 aromatic heterocycles. The molecule has 3 heteroatoms. The third-order valence-corrected chi connectivity index (χ3v) is 10.2. The number of nitrogens with zero attached hydrogens (tertiary/aromatic N) is 1. The molecule has 1 aliphatic carbocycles. The third-order valence-electron chi connectivity index (χ3n) is 9.09. The van der Waals surface area contributed by atoms with Crippen molar-refractivity contribution in [1.82, 2.24) is 4.98 Å². The minimum absolute atomic E-state index is 0.159. The van der Waals surface area contributed by atoms with Gasteiger partial charge < -0.3 is 4.74 Å². The highest BCUT2D eigenvalue weighted by Gasteiger charge is 2.32. The van der Waals surface area contributed by atoms with Crippen LogP contribution in [0.2, 0.25) is 0 Å². The SMILES string of the molecule is C1=CC2=C(Oc3sc4c(-c5cc(-c6ccccc6)nc(-c6ccccc6)c5)cccc4c3-c3ccccc32)C(c2ccccc2)C1. The molecule has 0 saturated heterocycles. The predicted molar refractivity (Wildman–Crippen MR) is 192 cm³/mol. The van der Waals surface area contributed by atoms with Crippen LogP contribution in [-0.4, -0.2) is 4.98 Å². The molecule has 2 aliphatic rings. The number of pyridine rings is 1. The highest BCUT2D eigenvalue weighted by molar-refractivity contribution is 7.22. The van der Waals surface area contributed by atoms with Crippen molar-refractivity contribution in [2.45, 2.75) is 12.3 Å². The van der Waals surface area contributed by atoms with Gasteiger partial charge in [-0.1, -0.05) is 157 Å². The lowest BCUT2D eigenvalue weighted by molar-refractivity contribution is 0.397. The molecular weight excluding hydrogens is 579 g/mol. The summed E-state index contributed by atoms with van der Waals surface area (Å²) in [5.41, 5.74) is 12.5. The molecule has 1 atom stereocenters. The number of rotatable bonds is 4. The maximum absolute atomic E-state index is 7.11. The molecule has 3 heterocycles. The highest BCUT2D eigenvalue weighted by Crippen LogP contribution is 2.54. The molecule has 1 aliphatic heterocycles. The maximum Gasteiger partial charge on any atom is 0.189 e. The monoisotopic (exact) mass is 607 g/mol. The number of thiophene rings is 1. The van der Waals surface area contributed by atoms with Crippen LogP contribution in [0.25, 0.3) is 60.4 Å². The van der Waals surface area contributed by atoms with Gasteiger partial charge in [-0.05, 0) is 46.4 Å². The number of benzene rings is 5. The molecule has 0 bridgehead atoms. The fraction of sp³-hybridized carbons (Fsp3) is 0.0465. The highest BCUT2D eigenvalue weighted by atomic mass is 32.1. The Balaban J connectivity index is 1.26. The van der Waals surface area contributed by atoms with Crippen LogP contribution < -0.4 is 4.74 Å². The van der Waals surface area contributed by atoms with Gasteiger partial charge in [-0.2, -0.15) is 0 Å². The summed E-state index contributed by atoms with van der Waals surface area (Å²) in [5, 5.41) is 2.17. The standard InChI is InChI=1S/C43H29NOS/c1-4-14-28(15-5-1)32-22-12-24-36-34-20-10-11-21-35(34)40-37-25-13-23-33(42(37)46-43(40)45-41(32)36)31-26-38(29-16-6-2-7-17-29)44-39(27-31)30-18-8-3-9-19-30/h1-21,23-27,32H,22H2. The zero-order valence-corrected chi connectivity index (χ0v) is 25.9. The number of ether oxygens (including phenoxy) is 1. The first-order valence-corrected chi connectivity index (χ1v) is 16.6. The number of allylic oxidation sites excluding steroid dienone is 4. The molecule has 9 rings (SSSR count). The van der Waals surface area contributed by atoms with Gasteiger partial charge in [-0.15, -0.1) is 0 Å². The quantitative estimate of drug-likeness (QED) is 0.199. The summed E-state index contributed by atoms with van der Waals surface area (Å²) in [6.45, 7) is 0. The van der Waals surface area contributed by atoms with Gasteiger partial charge in [0.1, 0.15) is 5.76 Å². The van der Waals surface area contributed by atoms with Gasteiger partial charge in [-0.25, -0.2) is 4.98 Å². The molecule has 0 amide bonds. The first-order chi connectivity index (χ1) is 22.8. The molecule has 0 fully saturated rings. The van der Waals surface area contributed by atoms with Gasteiger partial charge >= 0.3 is 0 Å². The summed E-state index contributed by atoms with van der Waals surface area (Å²) in [6, 6.07) is 51.6. The molecule has 0 N–H and O–H groups in total. The molecule has 46 heavy (non-hydrogen) atoms. The van der Waals surface area contributed by atoms with Gasteiger partial charge in [0.05, 0.1) is 11.4 Å². The van der Waals surface area contributed by atoms with Crippen molar-refractivity contribution in [3.63, 3.8) is 0 Å². The van der Waals surface area contributed by atoms with E-state index in [0.717, 1.165) is 45.3 Å². The smallest absolute Gasteiger partial charge is 0.189 e. The molecule has 2 nitrogen and oxygen atoms in total. The van der Waals surface area contributed by atoms with Crippen molar-refractivity contribution in [2.75, 3.05) is 0 Å². The molecule has 218 valence electrons. The summed E-state index contributed by atoms with van der Waals surface area (Å²) >= 11 is 1.75. The second-order valence-electron chi connectivity index (χ2n) is 11.8. The Kier molecular flexibility index (Phi) is 6.50. The third kappa shape index (κ3) is 4.51. The molecule has 0 radical (unpaired) electrons. The Hall–Kier alpha value is -5.51. The van der Waals surface area contributed by atoms with Crippen LogP contribution in [0.1, 0.15) is 23.5 Å². The van der Waals surface area contributed by atoms with E-state index in [0.29, 0.717) is 0 Å². The van der Waals surface area contributed by atoms with Gasteiger partial charge in [-0.3, -0.25) is 0 Å². The first-order valence-electron chi connectivity index (χ1n) is 15.7. The Morgan fingerprint density at radius 3 is 1.89 bits per heavy atom. The summed E-state index contributed by atoms with van der Waals surface area (Å²) in [6.07, 6.45) is 5.47. The Morgan fingerprint density at radius 1 is 0.587 bits per heavy atom. The fourth-order valence-corrected chi connectivity index (χ4v) is 8.12. The first kappa shape index (κ1) is 26.9. The lowest BCUT2D eigenvalue weighted by atomic mass is 9.84. The van der Waals surface area contributed by atoms with E-state index in [9.17, 15) is 0 Å². The summed E-state index contributed by atoms with van der Waals surface area (Å²) < 4.78 is 8.33. The topological polar surface area (TPSA) is 22.1 Å². The Labute approximate surface area is 272 Å². The lowest BCUT2D eigenvalue weighted by Gasteiger charge is -2.24. The van der Waals surface area contributed by atoms with E-state index in [1.54, 1.807) is 11.3 Å². The van der Waals surface area contributed by atoms with Crippen LogP contribution in [0.15, 0.2) is 164 Å². The van der Waals surface area contributed by atoms with Crippen molar-refractivity contribution in [1.29, 1.82) is 0 Å². The van der Waals surface area contributed by atoms with E-state index >= 15 is 0 Å². The van der Waals surface area contributed by atoms with Gasteiger partial charge in [0.25, 0.3) is 0 Å².